The highest BCUT2D eigenvalue weighted by atomic mass is 35.5. The van der Waals surface area contributed by atoms with Crippen molar-refractivity contribution >= 4 is 35.2 Å². The van der Waals surface area contributed by atoms with E-state index in [1.54, 1.807) is 12.1 Å². The SMILES string of the molecule is CC1C(=O)N=C(CCNC(=O)c2ccc(=O)n(Cc3ccccc3Cl)c2)NC1=O. The fraction of sp³-hybridized carbons (Fsp3) is 0.250. The molecule has 1 atom stereocenters. The van der Waals surface area contributed by atoms with Crippen molar-refractivity contribution in [2.75, 3.05) is 6.54 Å². The molecule has 2 N–H and O–H groups in total. The van der Waals surface area contributed by atoms with Crippen LogP contribution in [0.2, 0.25) is 5.02 Å². The van der Waals surface area contributed by atoms with Crippen molar-refractivity contribution in [1.82, 2.24) is 15.2 Å². The second-order valence-corrected chi connectivity index (χ2v) is 7.00. The van der Waals surface area contributed by atoms with Gasteiger partial charge in [-0.2, -0.15) is 4.99 Å². The van der Waals surface area contributed by atoms with Gasteiger partial charge in [-0.25, -0.2) is 0 Å². The third kappa shape index (κ3) is 4.97. The summed E-state index contributed by atoms with van der Waals surface area (Å²) in [5, 5.41) is 5.76. The maximum absolute atomic E-state index is 12.4. The Bertz CT molecular complexity index is 1060. The Balaban J connectivity index is 1.63. The Labute approximate surface area is 171 Å². The van der Waals surface area contributed by atoms with Gasteiger partial charge in [-0.3, -0.25) is 19.2 Å². The molecule has 0 saturated heterocycles. The van der Waals surface area contributed by atoms with E-state index in [9.17, 15) is 19.2 Å². The largest absolute Gasteiger partial charge is 0.352 e. The van der Waals surface area contributed by atoms with Crippen LogP contribution in [0, 0.1) is 5.92 Å². The minimum atomic E-state index is -0.799. The van der Waals surface area contributed by atoms with Crippen LogP contribution in [0.3, 0.4) is 0 Å². The monoisotopic (exact) mass is 414 g/mol. The van der Waals surface area contributed by atoms with Gasteiger partial charge in [0.05, 0.1) is 12.1 Å². The first-order valence-electron chi connectivity index (χ1n) is 8.99. The molecule has 0 spiro atoms. The summed E-state index contributed by atoms with van der Waals surface area (Å²) >= 11 is 6.14. The number of aromatic nitrogens is 1. The van der Waals surface area contributed by atoms with Crippen LogP contribution in [0.4, 0.5) is 0 Å². The Morgan fingerprint density at radius 2 is 1.97 bits per heavy atom. The van der Waals surface area contributed by atoms with E-state index in [1.807, 2.05) is 12.1 Å². The van der Waals surface area contributed by atoms with E-state index in [0.29, 0.717) is 10.6 Å². The van der Waals surface area contributed by atoms with Crippen LogP contribution >= 0.6 is 11.6 Å². The van der Waals surface area contributed by atoms with E-state index in [1.165, 1.54) is 29.8 Å². The van der Waals surface area contributed by atoms with E-state index in [0.717, 1.165) is 5.56 Å². The lowest BCUT2D eigenvalue weighted by Gasteiger charge is -2.17. The Kier molecular flexibility index (Phi) is 6.23. The molecule has 150 valence electrons. The molecule has 0 saturated carbocycles. The molecule has 1 aromatic heterocycles. The average molecular weight is 415 g/mol. The Hall–Kier alpha value is -3.26. The summed E-state index contributed by atoms with van der Waals surface area (Å²) in [5.74, 6) is -1.87. The van der Waals surface area contributed by atoms with Gasteiger partial charge in [0.1, 0.15) is 11.8 Å². The lowest BCUT2D eigenvalue weighted by molar-refractivity contribution is -0.132. The fourth-order valence-corrected chi connectivity index (χ4v) is 2.93. The first-order valence-corrected chi connectivity index (χ1v) is 9.37. The highest BCUT2D eigenvalue weighted by Crippen LogP contribution is 2.15. The van der Waals surface area contributed by atoms with Crippen molar-refractivity contribution in [1.29, 1.82) is 0 Å². The van der Waals surface area contributed by atoms with Crippen molar-refractivity contribution in [2.45, 2.75) is 19.9 Å². The normalized spacial score (nSPS) is 16.2. The molecular formula is C20H19ClN4O4. The van der Waals surface area contributed by atoms with E-state index in [4.69, 9.17) is 11.6 Å². The molecule has 1 aliphatic heterocycles. The average Bonchev–Trinajstić information content (AvgIpc) is 2.69. The maximum Gasteiger partial charge on any atom is 0.259 e. The lowest BCUT2D eigenvalue weighted by atomic mass is 10.1. The standard InChI is InChI=1S/C20H19ClN4O4/c1-12-18(27)23-16(24-19(12)28)8-9-22-20(29)14-6-7-17(26)25(11-14)10-13-4-2-3-5-15(13)21/h2-7,11-12H,8-10H2,1H3,(H,22,29)(H,23,24,27,28). The number of halogens is 1. The van der Waals surface area contributed by atoms with Crippen LogP contribution < -0.4 is 16.2 Å². The predicted molar refractivity (Wildman–Crippen MR) is 108 cm³/mol. The number of nitrogens with one attached hydrogen (secondary N) is 2. The zero-order valence-electron chi connectivity index (χ0n) is 15.6. The molecule has 3 rings (SSSR count). The van der Waals surface area contributed by atoms with Crippen molar-refractivity contribution in [3.8, 4) is 0 Å². The Morgan fingerprint density at radius 3 is 2.69 bits per heavy atom. The van der Waals surface area contributed by atoms with Crippen molar-refractivity contribution in [2.24, 2.45) is 10.9 Å². The molecule has 1 unspecified atom stereocenters. The number of carbonyl (C=O) groups excluding carboxylic acids is 3. The van der Waals surface area contributed by atoms with Gasteiger partial charge in [0.25, 0.3) is 17.4 Å². The van der Waals surface area contributed by atoms with Crippen molar-refractivity contribution in [3.63, 3.8) is 0 Å². The minimum Gasteiger partial charge on any atom is -0.352 e. The predicted octanol–water partition coefficient (Wildman–Crippen LogP) is 1.36. The molecule has 1 aliphatic rings. The second-order valence-electron chi connectivity index (χ2n) is 6.59. The zero-order valence-corrected chi connectivity index (χ0v) is 16.4. The molecule has 3 amide bonds. The number of aliphatic imine (C=N–C) groups is 1. The van der Waals surface area contributed by atoms with Crippen LogP contribution in [0.25, 0.3) is 0 Å². The number of amides is 3. The zero-order chi connectivity index (χ0) is 21.0. The summed E-state index contributed by atoms with van der Waals surface area (Å²) in [7, 11) is 0. The minimum absolute atomic E-state index is 0.170. The summed E-state index contributed by atoms with van der Waals surface area (Å²) in [6.45, 7) is 1.89. The lowest BCUT2D eigenvalue weighted by Crippen LogP contribution is -2.44. The summed E-state index contributed by atoms with van der Waals surface area (Å²) in [4.78, 5) is 51.6. The van der Waals surface area contributed by atoms with E-state index < -0.39 is 17.7 Å². The molecule has 0 aliphatic carbocycles. The molecule has 1 aromatic carbocycles. The number of carbonyl (C=O) groups is 3. The van der Waals surface area contributed by atoms with E-state index in [-0.39, 0.29) is 36.8 Å². The summed E-state index contributed by atoms with van der Waals surface area (Å²) < 4.78 is 1.40. The van der Waals surface area contributed by atoms with Crippen LogP contribution in [0.5, 0.6) is 0 Å². The van der Waals surface area contributed by atoms with Gasteiger partial charge >= 0.3 is 0 Å². The van der Waals surface area contributed by atoms with Gasteiger partial charge in [-0.05, 0) is 24.6 Å². The molecule has 2 aromatic rings. The Morgan fingerprint density at radius 1 is 1.21 bits per heavy atom. The number of amidine groups is 1. The number of nitrogens with zero attached hydrogens (tertiary/aromatic N) is 2. The second kappa shape index (κ2) is 8.83. The van der Waals surface area contributed by atoms with Crippen molar-refractivity contribution in [3.05, 3.63) is 69.1 Å². The summed E-state index contributed by atoms with van der Waals surface area (Å²) in [6, 6.07) is 9.91. The molecule has 0 fully saturated rings. The quantitative estimate of drug-likeness (QED) is 0.695. The van der Waals surface area contributed by atoms with Crippen molar-refractivity contribution < 1.29 is 14.4 Å². The molecule has 0 bridgehead atoms. The molecular weight excluding hydrogens is 396 g/mol. The number of pyridine rings is 1. The maximum atomic E-state index is 12.4. The van der Waals surface area contributed by atoms with E-state index in [2.05, 4.69) is 15.6 Å². The highest BCUT2D eigenvalue weighted by molar-refractivity contribution is 6.31. The van der Waals surface area contributed by atoms with Gasteiger partial charge in [0.15, 0.2) is 0 Å². The van der Waals surface area contributed by atoms with Gasteiger partial charge in [0.2, 0.25) is 5.91 Å². The third-order valence-corrected chi connectivity index (χ3v) is 4.84. The van der Waals surface area contributed by atoms with Crippen LogP contribution in [-0.4, -0.2) is 34.7 Å². The third-order valence-electron chi connectivity index (χ3n) is 4.47. The number of hydrogen-bond donors (Lipinski definition) is 2. The van der Waals surface area contributed by atoms with Crippen LogP contribution in [0.1, 0.15) is 29.3 Å². The van der Waals surface area contributed by atoms with E-state index >= 15 is 0 Å². The van der Waals surface area contributed by atoms with Crippen LogP contribution in [-0.2, 0) is 16.1 Å². The highest BCUT2D eigenvalue weighted by Gasteiger charge is 2.27. The van der Waals surface area contributed by atoms with Gasteiger partial charge in [0, 0.05) is 30.3 Å². The number of rotatable bonds is 6. The first kappa shape index (κ1) is 20.5. The molecule has 9 heteroatoms. The summed E-state index contributed by atoms with van der Waals surface area (Å²) in [5.41, 5.74) is 0.808. The summed E-state index contributed by atoms with van der Waals surface area (Å²) in [6.07, 6.45) is 1.67. The smallest absolute Gasteiger partial charge is 0.259 e. The van der Waals surface area contributed by atoms with Gasteiger partial charge < -0.3 is 15.2 Å². The van der Waals surface area contributed by atoms with Gasteiger partial charge in [-0.1, -0.05) is 29.8 Å². The molecule has 2 heterocycles. The molecule has 0 radical (unpaired) electrons. The number of hydrogen-bond acceptors (Lipinski definition) is 4. The number of benzene rings is 1. The fourth-order valence-electron chi connectivity index (χ4n) is 2.73. The van der Waals surface area contributed by atoms with Gasteiger partial charge in [-0.15, -0.1) is 0 Å². The first-order chi connectivity index (χ1) is 13.8. The topological polar surface area (TPSA) is 110 Å². The molecule has 29 heavy (non-hydrogen) atoms. The van der Waals surface area contributed by atoms with Crippen LogP contribution in [0.15, 0.2) is 52.4 Å². The molecule has 8 nitrogen and oxygen atoms in total.